The summed E-state index contributed by atoms with van der Waals surface area (Å²) in [6.07, 6.45) is 9.36. The number of nitrogens with zero attached hydrogens (tertiary/aromatic N) is 4. The van der Waals surface area contributed by atoms with Gasteiger partial charge in [0.2, 0.25) is 0 Å². The number of nitrogens with two attached hydrogens (primary N) is 1. The average Bonchev–Trinajstić information content (AvgIpc) is 3.37. The number of nitrogen functional groups attached to an aromatic ring is 1. The van der Waals surface area contributed by atoms with Crippen molar-refractivity contribution in [1.29, 1.82) is 5.41 Å². The number of carbonyl (C=O) groups excluding carboxylic acids is 1. The quantitative estimate of drug-likeness (QED) is 0.210. The lowest BCUT2D eigenvalue weighted by atomic mass is 9.96. The van der Waals surface area contributed by atoms with Crippen molar-refractivity contribution in [3.05, 3.63) is 82.9 Å². The number of nitrogens with one attached hydrogen (secondary N) is 4. The Bertz CT molecular complexity index is 1500. The molecule has 1 aliphatic rings. The molecular formula is C28H30ClN9O. The predicted molar refractivity (Wildman–Crippen MR) is 155 cm³/mol. The predicted octanol–water partition coefficient (Wildman–Crippen LogP) is 4.14. The van der Waals surface area contributed by atoms with Crippen LogP contribution in [0, 0.1) is 5.41 Å². The molecule has 11 heteroatoms. The molecule has 4 heterocycles. The van der Waals surface area contributed by atoms with Crippen LogP contribution in [-0.2, 0) is 13.5 Å². The van der Waals surface area contributed by atoms with Crippen molar-refractivity contribution in [3.63, 3.8) is 0 Å². The number of anilines is 3. The maximum absolute atomic E-state index is 12.7. The van der Waals surface area contributed by atoms with Crippen LogP contribution in [0.5, 0.6) is 0 Å². The summed E-state index contributed by atoms with van der Waals surface area (Å²) in [6, 6.07) is 10.4. The Morgan fingerprint density at radius 3 is 2.82 bits per heavy atom. The molecule has 4 aromatic rings. The summed E-state index contributed by atoms with van der Waals surface area (Å²) < 4.78 is 1.74. The molecule has 0 aliphatic carbocycles. The number of aromatic nitrogens is 4. The third-order valence-corrected chi connectivity index (χ3v) is 7.00. The van der Waals surface area contributed by atoms with Gasteiger partial charge in [-0.15, -0.1) is 0 Å². The molecular weight excluding hydrogens is 514 g/mol. The molecule has 1 unspecified atom stereocenters. The minimum atomic E-state index is -0.334. The second-order valence-corrected chi connectivity index (χ2v) is 9.93. The molecule has 0 spiro atoms. The number of benzene rings is 1. The van der Waals surface area contributed by atoms with Crippen molar-refractivity contribution < 1.29 is 4.79 Å². The van der Waals surface area contributed by atoms with Gasteiger partial charge in [0.15, 0.2) is 0 Å². The molecule has 1 aromatic carbocycles. The maximum atomic E-state index is 12.7. The topological polar surface area (TPSA) is 147 Å². The van der Waals surface area contributed by atoms with Crippen LogP contribution in [-0.4, -0.2) is 50.5 Å². The third-order valence-electron chi connectivity index (χ3n) is 6.69. The molecule has 200 valence electrons. The fourth-order valence-electron chi connectivity index (χ4n) is 4.67. The van der Waals surface area contributed by atoms with Gasteiger partial charge in [-0.3, -0.25) is 9.48 Å². The van der Waals surface area contributed by atoms with E-state index >= 15 is 0 Å². The average molecular weight is 544 g/mol. The van der Waals surface area contributed by atoms with Crippen LogP contribution in [0.2, 0.25) is 5.02 Å². The number of rotatable bonds is 8. The molecule has 0 saturated carbocycles. The second-order valence-electron chi connectivity index (χ2n) is 9.52. The van der Waals surface area contributed by atoms with E-state index in [1.54, 1.807) is 59.7 Å². The van der Waals surface area contributed by atoms with Gasteiger partial charge < -0.3 is 27.1 Å². The molecule has 1 atom stereocenters. The number of hydrogen-bond donors (Lipinski definition) is 5. The standard InChI is InChI=1S/C28H30ClN9O/c1-38-16-18(13-35-38)22-15-34-27(31)21(26(22)36-19-5-4-9-32-14-19)12-24(30)20-8-7-17(11-23(20)29)28(39)37-25-6-2-3-10-33-25/h2-3,6-8,10-11,13,15-16,19,30,32H,4-5,9,12,14H2,1H3,(H3,31,34,36)(H,33,37,39). The number of amides is 1. The van der Waals surface area contributed by atoms with Crippen LogP contribution in [0.1, 0.15) is 34.3 Å². The van der Waals surface area contributed by atoms with Crippen LogP contribution in [0.3, 0.4) is 0 Å². The van der Waals surface area contributed by atoms with Crippen molar-refractivity contribution in [2.45, 2.75) is 25.3 Å². The summed E-state index contributed by atoms with van der Waals surface area (Å²) in [4.78, 5) is 21.3. The lowest BCUT2D eigenvalue weighted by Gasteiger charge is -2.27. The number of aryl methyl sites for hydroxylation is 1. The van der Waals surface area contributed by atoms with Crippen LogP contribution >= 0.6 is 11.6 Å². The van der Waals surface area contributed by atoms with Gasteiger partial charge in [0, 0.05) is 78.2 Å². The smallest absolute Gasteiger partial charge is 0.256 e. The molecule has 1 amide bonds. The first kappa shape index (κ1) is 26.3. The van der Waals surface area contributed by atoms with Crippen LogP contribution in [0.25, 0.3) is 11.1 Å². The highest BCUT2D eigenvalue weighted by Gasteiger charge is 2.22. The van der Waals surface area contributed by atoms with Crippen molar-refractivity contribution >= 4 is 40.5 Å². The van der Waals surface area contributed by atoms with Crippen molar-refractivity contribution in [3.8, 4) is 11.1 Å². The molecule has 0 radical (unpaired) electrons. The highest BCUT2D eigenvalue weighted by molar-refractivity contribution is 6.34. The number of carbonyl (C=O) groups is 1. The Morgan fingerprint density at radius 1 is 1.26 bits per heavy atom. The summed E-state index contributed by atoms with van der Waals surface area (Å²) >= 11 is 6.58. The summed E-state index contributed by atoms with van der Waals surface area (Å²) in [5.74, 6) is 0.458. The Hall–Kier alpha value is -4.28. The fraction of sp³-hybridized carbons (Fsp3) is 0.250. The van der Waals surface area contributed by atoms with E-state index in [1.165, 1.54) is 0 Å². The molecule has 1 saturated heterocycles. The summed E-state index contributed by atoms with van der Waals surface area (Å²) in [5.41, 5.74) is 10.9. The number of halogens is 1. The fourth-order valence-corrected chi connectivity index (χ4v) is 4.96. The molecule has 1 fully saturated rings. The molecule has 0 bridgehead atoms. The lowest BCUT2D eigenvalue weighted by molar-refractivity contribution is 0.102. The van der Waals surface area contributed by atoms with E-state index in [0.29, 0.717) is 27.8 Å². The van der Waals surface area contributed by atoms with Crippen LogP contribution in [0.4, 0.5) is 17.3 Å². The summed E-state index contributed by atoms with van der Waals surface area (Å²) in [6.45, 7) is 1.83. The van der Waals surface area contributed by atoms with Gasteiger partial charge in [0.1, 0.15) is 11.6 Å². The molecule has 5 rings (SSSR count). The first-order valence-corrected chi connectivity index (χ1v) is 13.1. The van der Waals surface area contributed by atoms with Gasteiger partial charge in [-0.25, -0.2) is 9.97 Å². The Balaban J connectivity index is 1.43. The van der Waals surface area contributed by atoms with Gasteiger partial charge in [0.25, 0.3) is 5.91 Å². The van der Waals surface area contributed by atoms with Crippen LogP contribution < -0.4 is 21.7 Å². The minimum absolute atomic E-state index is 0.203. The zero-order chi connectivity index (χ0) is 27.4. The Kier molecular flexibility index (Phi) is 7.85. The zero-order valence-electron chi connectivity index (χ0n) is 21.5. The van der Waals surface area contributed by atoms with E-state index in [2.05, 4.69) is 31.0 Å². The Labute approximate surface area is 231 Å². The van der Waals surface area contributed by atoms with E-state index in [4.69, 9.17) is 22.7 Å². The largest absolute Gasteiger partial charge is 0.383 e. The van der Waals surface area contributed by atoms with E-state index in [-0.39, 0.29) is 24.1 Å². The molecule has 3 aromatic heterocycles. The van der Waals surface area contributed by atoms with E-state index in [0.717, 1.165) is 48.3 Å². The first-order chi connectivity index (χ1) is 18.9. The third kappa shape index (κ3) is 6.08. The number of piperidine rings is 1. The Morgan fingerprint density at radius 2 is 2.13 bits per heavy atom. The van der Waals surface area contributed by atoms with E-state index in [9.17, 15) is 4.79 Å². The minimum Gasteiger partial charge on any atom is -0.383 e. The highest BCUT2D eigenvalue weighted by atomic mass is 35.5. The normalized spacial score (nSPS) is 15.1. The summed E-state index contributed by atoms with van der Waals surface area (Å²) in [5, 5.41) is 23.4. The monoisotopic (exact) mass is 543 g/mol. The molecule has 10 nitrogen and oxygen atoms in total. The molecule has 6 N–H and O–H groups in total. The van der Waals surface area contributed by atoms with Gasteiger partial charge in [-0.2, -0.15) is 5.10 Å². The van der Waals surface area contributed by atoms with Gasteiger partial charge in [-0.05, 0) is 43.7 Å². The van der Waals surface area contributed by atoms with Gasteiger partial charge in [-0.1, -0.05) is 23.7 Å². The van der Waals surface area contributed by atoms with E-state index in [1.807, 2.05) is 13.2 Å². The van der Waals surface area contributed by atoms with Gasteiger partial charge >= 0.3 is 0 Å². The van der Waals surface area contributed by atoms with Crippen molar-refractivity contribution in [2.75, 3.05) is 29.5 Å². The number of pyridine rings is 2. The zero-order valence-corrected chi connectivity index (χ0v) is 22.3. The highest BCUT2D eigenvalue weighted by Crippen LogP contribution is 2.35. The van der Waals surface area contributed by atoms with Crippen molar-refractivity contribution in [1.82, 2.24) is 25.1 Å². The first-order valence-electron chi connectivity index (χ1n) is 12.7. The van der Waals surface area contributed by atoms with Gasteiger partial charge in [0.05, 0.1) is 16.9 Å². The maximum Gasteiger partial charge on any atom is 0.256 e. The molecule has 1 aliphatic heterocycles. The summed E-state index contributed by atoms with van der Waals surface area (Å²) in [7, 11) is 1.87. The second kappa shape index (κ2) is 11.6. The number of hydrogen-bond acceptors (Lipinski definition) is 8. The SMILES string of the molecule is Cn1cc(-c2cnc(N)c(CC(=N)c3ccc(C(=O)Nc4ccccn4)cc3Cl)c2NC2CCCNC2)cn1. The molecule has 39 heavy (non-hydrogen) atoms. The van der Waals surface area contributed by atoms with E-state index < -0.39 is 0 Å². The lowest BCUT2D eigenvalue weighted by Crippen LogP contribution is -2.38. The van der Waals surface area contributed by atoms with Crippen LogP contribution in [0.15, 0.2) is 61.2 Å². The van der Waals surface area contributed by atoms with Crippen molar-refractivity contribution in [2.24, 2.45) is 7.05 Å².